The van der Waals surface area contributed by atoms with E-state index in [2.05, 4.69) is 22.6 Å². The molecule has 26 valence electrons. The van der Waals surface area contributed by atoms with Gasteiger partial charge in [0.2, 0.25) is 0 Å². The molecule has 0 aromatic heterocycles. The van der Waals surface area contributed by atoms with Crippen molar-refractivity contribution < 1.29 is 2.85 Å². The van der Waals surface area contributed by atoms with E-state index in [4.69, 9.17) is 0 Å². The van der Waals surface area contributed by atoms with E-state index in [-0.39, 0.29) is 33.3 Å². The maximum Gasteiger partial charge on any atom is 2.00 e. The van der Waals surface area contributed by atoms with Gasteiger partial charge in [0, 0.05) is 0 Å². The maximum absolute atomic E-state index is 2.15. The Morgan fingerprint density at radius 1 is 1.50 bits per heavy atom. The second-order valence-corrected chi connectivity index (χ2v) is 0. The van der Waals surface area contributed by atoms with Gasteiger partial charge in [-0.15, -0.1) is 0 Å². The smallest absolute Gasteiger partial charge is 1.00 e. The van der Waals surface area contributed by atoms with Crippen LogP contribution >= 0.6 is 22.6 Å². The standard InChI is InChI=1S/CH3I.CH4.Mg.2H/c1-2;;;;/h1H3;1H4;;;/q;;+2;2*-1. The van der Waals surface area contributed by atoms with E-state index in [9.17, 15) is 0 Å². The largest absolute Gasteiger partial charge is 2.00 e. The molecular weight excluding hydrogens is 175 g/mol. The van der Waals surface area contributed by atoms with E-state index in [1.807, 2.05) is 4.93 Å². The zero-order valence-electron chi connectivity index (χ0n) is 4.09. The molecule has 0 radical (unpaired) electrons. The molecule has 0 aromatic rings. The minimum atomic E-state index is 0. The van der Waals surface area contributed by atoms with Crippen molar-refractivity contribution in [3.63, 3.8) is 0 Å². The Morgan fingerprint density at radius 3 is 1.50 bits per heavy atom. The average molecular weight is 184 g/mol. The van der Waals surface area contributed by atoms with Crippen molar-refractivity contribution >= 4 is 45.6 Å². The first-order valence-corrected chi connectivity index (χ1v) is 2.54. The fraction of sp³-hybridized carbons (Fsp3) is 1.00. The van der Waals surface area contributed by atoms with Gasteiger partial charge in [-0.3, -0.25) is 0 Å². The van der Waals surface area contributed by atoms with Gasteiger partial charge < -0.3 is 2.85 Å². The molecule has 4 heavy (non-hydrogen) atoms. The van der Waals surface area contributed by atoms with E-state index in [0.29, 0.717) is 0 Å². The van der Waals surface area contributed by atoms with Crippen LogP contribution < -0.4 is 0 Å². The zero-order chi connectivity index (χ0) is 2.00. The number of hydrogen-bond acceptors (Lipinski definition) is 0. The number of hydrogen-bond donors (Lipinski definition) is 0. The first-order chi connectivity index (χ1) is 1.00. The quantitative estimate of drug-likeness (QED) is 0.304. The van der Waals surface area contributed by atoms with Gasteiger partial charge in [-0.1, -0.05) is 30.0 Å². The Labute approximate surface area is 60.6 Å². The molecule has 0 saturated carbocycles. The number of halogens is 1. The third-order valence-corrected chi connectivity index (χ3v) is 0. The fourth-order valence-electron chi connectivity index (χ4n) is 0. The Morgan fingerprint density at radius 2 is 1.50 bits per heavy atom. The third kappa shape index (κ3) is 9.73. The minimum Gasteiger partial charge on any atom is -1.00 e. The molecule has 0 aliphatic rings. The molecule has 0 aliphatic carbocycles. The number of alkyl halides is 1. The van der Waals surface area contributed by atoms with E-state index in [1.54, 1.807) is 0 Å². The molecule has 0 rings (SSSR count). The van der Waals surface area contributed by atoms with Crippen LogP contribution in [0.1, 0.15) is 10.3 Å². The van der Waals surface area contributed by atoms with Gasteiger partial charge in [-0.2, -0.15) is 0 Å². The molecule has 0 atom stereocenters. The van der Waals surface area contributed by atoms with Crippen molar-refractivity contribution in [1.29, 1.82) is 0 Å². The van der Waals surface area contributed by atoms with Crippen LogP contribution in [0.5, 0.6) is 0 Å². The van der Waals surface area contributed by atoms with Gasteiger partial charge in [0.1, 0.15) is 0 Å². The van der Waals surface area contributed by atoms with Crippen LogP contribution in [0.15, 0.2) is 0 Å². The summed E-state index contributed by atoms with van der Waals surface area (Å²) >= 11 is 2.15. The molecule has 0 nitrogen and oxygen atoms in total. The maximum atomic E-state index is 2.15. The monoisotopic (exact) mass is 184 g/mol. The van der Waals surface area contributed by atoms with Crippen LogP contribution in [0, 0.1) is 0 Å². The number of rotatable bonds is 0. The van der Waals surface area contributed by atoms with Crippen molar-refractivity contribution in [3.05, 3.63) is 0 Å². The predicted molar refractivity (Wildman–Crippen MR) is 34.7 cm³/mol. The molecule has 0 heterocycles. The van der Waals surface area contributed by atoms with E-state index in [0.717, 1.165) is 0 Å². The first kappa shape index (κ1) is 17.8. The molecule has 0 bridgehead atoms. The molecular formula is C2H9IMg. The van der Waals surface area contributed by atoms with Crippen LogP contribution in [0.25, 0.3) is 0 Å². The summed E-state index contributed by atoms with van der Waals surface area (Å²) in [4.78, 5) is 1.97. The van der Waals surface area contributed by atoms with Crippen molar-refractivity contribution in [2.24, 2.45) is 0 Å². The summed E-state index contributed by atoms with van der Waals surface area (Å²) in [7, 11) is 0. The molecule has 0 fully saturated rings. The molecule has 0 aromatic carbocycles. The Balaban J connectivity index is -0.000000000833. The van der Waals surface area contributed by atoms with E-state index >= 15 is 0 Å². The van der Waals surface area contributed by atoms with Crippen LogP contribution in [-0.2, 0) is 0 Å². The van der Waals surface area contributed by atoms with Gasteiger partial charge in [0.15, 0.2) is 0 Å². The second-order valence-electron chi connectivity index (χ2n) is 0. The molecule has 0 spiro atoms. The summed E-state index contributed by atoms with van der Waals surface area (Å²) in [5, 5.41) is 0. The molecule has 2 heteroatoms. The van der Waals surface area contributed by atoms with Crippen LogP contribution in [-0.4, -0.2) is 28.0 Å². The summed E-state index contributed by atoms with van der Waals surface area (Å²) in [6.45, 7) is 0. The van der Waals surface area contributed by atoms with E-state index < -0.39 is 0 Å². The SMILES string of the molecule is C.CI.[H-].[H-].[Mg+2]. The first-order valence-electron chi connectivity index (χ1n) is 0.378. The molecule has 0 saturated heterocycles. The average Bonchev–Trinajstić information content (AvgIpc) is 1.00. The fourth-order valence-corrected chi connectivity index (χ4v) is 0. The molecule has 0 amide bonds. The van der Waals surface area contributed by atoms with Gasteiger partial charge in [0.05, 0.1) is 0 Å². The van der Waals surface area contributed by atoms with Crippen molar-refractivity contribution in [3.8, 4) is 0 Å². The Kier molecular flexibility index (Phi) is 109. The Bertz CT molecular complexity index is 11.5. The topological polar surface area (TPSA) is 0 Å². The summed E-state index contributed by atoms with van der Waals surface area (Å²) in [5.74, 6) is 0. The van der Waals surface area contributed by atoms with Crippen LogP contribution in [0.4, 0.5) is 0 Å². The third-order valence-electron chi connectivity index (χ3n) is 0. The predicted octanol–water partition coefficient (Wildman–Crippen LogP) is 1.53. The Hall–Kier alpha value is 1.50. The summed E-state index contributed by atoms with van der Waals surface area (Å²) in [5.41, 5.74) is 0. The van der Waals surface area contributed by atoms with Crippen LogP contribution in [0.3, 0.4) is 0 Å². The van der Waals surface area contributed by atoms with Gasteiger partial charge in [-0.05, 0) is 4.93 Å². The molecule has 0 N–H and O–H groups in total. The summed E-state index contributed by atoms with van der Waals surface area (Å²) in [6, 6.07) is 0. The normalized spacial score (nSPS) is 1.50. The van der Waals surface area contributed by atoms with Crippen molar-refractivity contribution in [2.75, 3.05) is 4.93 Å². The summed E-state index contributed by atoms with van der Waals surface area (Å²) in [6.07, 6.45) is 0. The van der Waals surface area contributed by atoms with Crippen LogP contribution in [0.2, 0.25) is 0 Å². The van der Waals surface area contributed by atoms with Gasteiger partial charge >= 0.3 is 23.1 Å². The van der Waals surface area contributed by atoms with E-state index in [1.165, 1.54) is 0 Å². The van der Waals surface area contributed by atoms with Gasteiger partial charge in [0.25, 0.3) is 0 Å². The summed E-state index contributed by atoms with van der Waals surface area (Å²) < 4.78 is 0. The molecule has 0 aliphatic heterocycles. The molecule has 0 unspecified atom stereocenters. The van der Waals surface area contributed by atoms with Gasteiger partial charge in [-0.25, -0.2) is 0 Å². The minimum absolute atomic E-state index is 0. The zero-order valence-corrected chi connectivity index (χ0v) is 5.66. The van der Waals surface area contributed by atoms with Crippen molar-refractivity contribution in [1.82, 2.24) is 0 Å². The van der Waals surface area contributed by atoms with Crippen molar-refractivity contribution in [2.45, 2.75) is 7.43 Å². The second kappa shape index (κ2) is 24.5.